The fraction of sp³-hybridized carbons (Fsp3) is 0.524. The third kappa shape index (κ3) is 2.99. The molecule has 1 aliphatic carbocycles. The third-order valence-corrected chi connectivity index (χ3v) is 6.28. The molecule has 1 unspecified atom stereocenters. The molecular weight excluding hydrogens is 356 g/mol. The summed E-state index contributed by atoms with van der Waals surface area (Å²) in [5.41, 5.74) is 1.33. The summed E-state index contributed by atoms with van der Waals surface area (Å²) in [5, 5.41) is 3.71. The van der Waals surface area contributed by atoms with Gasteiger partial charge in [-0.1, -0.05) is 18.2 Å². The molecule has 2 aliphatic heterocycles. The van der Waals surface area contributed by atoms with Crippen LogP contribution in [0.5, 0.6) is 0 Å². The number of carbonyl (C=O) groups excluding carboxylic acids is 2. The number of morpholine rings is 1. The van der Waals surface area contributed by atoms with Crippen LogP contribution in [0.15, 0.2) is 30.5 Å². The van der Waals surface area contributed by atoms with Crippen LogP contribution in [0.3, 0.4) is 0 Å². The number of rotatable bonds is 4. The van der Waals surface area contributed by atoms with Crippen LogP contribution in [0.4, 0.5) is 0 Å². The van der Waals surface area contributed by atoms with E-state index in [1.54, 1.807) is 13.2 Å². The number of ether oxygens (including phenoxy) is 1. The van der Waals surface area contributed by atoms with Gasteiger partial charge >= 0.3 is 0 Å². The van der Waals surface area contributed by atoms with Crippen molar-refractivity contribution in [3.8, 4) is 0 Å². The molecule has 2 saturated heterocycles. The second-order valence-corrected chi connectivity index (χ2v) is 8.41. The molecule has 3 aliphatic rings. The molecule has 3 heterocycles. The van der Waals surface area contributed by atoms with E-state index >= 15 is 0 Å². The zero-order valence-electron chi connectivity index (χ0n) is 16.1. The largest absolute Gasteiger partial charge is 0.368 e. The SMILES string of the molecule is CNC(=O)C1COC2(CN(C(=O)c3c[nH]c4ccccc34)C2)CN1CC1CC1. The number of fused-ring (bicyclic) bond motifs is 1. The average molecular weight is 382 g/mol. The number of para-hydroxylation sites is 1. The van der Waals surface area contributed by atoms with Crippen molar-refractivity contribution < 1.29 is 14.3 Å². The van der Waals surface area contributed by atoms with Crippen LogP contribution in [-0.4, -0.2) is 78.1 Å². The Labute approximate surface area is 164 Å². The Morgan fingerprint density at radius 2 is 2.04 bits per heavy atom. The Hall–Kier alpha value is -2.38. The number of nitrogens with one attached hydrogen (secondary N) is 2. The molecule has 1 aromatic carbocycles. The third-order valence-electron chi connectivity index (χ3n) is 6.28. The second-order valence-electron chi connectivity index (χ2n) is 8.41. The molecule has 3 fully saturated rings. The van der Waals surface area contributed by atoms with Gasteiger partial charge in [-0.05, 0) is 24.8 Å². The molecule has 1 atom stereocenters. The van der Waals surface area contributed by atoms with Crippen molar-refractivity contribution in [2.24, 2.45) is 5.92 Å². The first kappa shape index (κ1) is 17.7. The molecular formula is C21H26N4O3. The fourth-order valence-electron chi connectivity index (χ4n) is 4.52. The maximum Gasteiger partial charge on any atom is 0.256 e. The maximum atomic E-state index is 13.0. The Morgan fingerprint density at radius 3 is 2.79 bits per heavy atom. The summed E-state index contributed by atoms with van der Waals surface area (Å²) in [6, 6.07) is 7.62. The number of carbonyl (C=O) groups is 2. The first-order valence-corrected chi connectivity index (χ1v) is 10.0. The summed E-state index contributed by atoms with van der Waals surface area (Å²) in [7, 11) is 1.67. The summed E-state index contributed by atoms with van der Waals surface area (Å²) < 4.78 is 6.15. The molecule has 2 aromatic rings. The minimum absolute atomic E-state index is 0.0153. The number of aromatic nitrogens is 1. The van der Waals surface area contributed by atoms with Gasteiger partial charge < -0.3 is 19.9 Å². The van der Waals surface area contributed by atoms with Gasteiger partial charge in [-0.2, -0.15) is 0 Å². The van der Waals surface area contributed by atoms with Gasteiger partial charge in [-0.25, -0.2) is 0 Å². The van der Waals surface area contributed by atoms with E-state index in [0.717, 1.165) is 17.4 Å². The number of nitrogens with zero attached hydrogens (tertiary/aromatic N) is 2. The van der Waals surface area contributed by atoms with E-state index in [4.69, 9.17) is 4.74 Å². The highest BCUT2D eigenvalue weighted by atomic mass is 16.5. The van der Waals surface area contributed by atoms with Crippen molar-refractivity contribution in [1.82, 2.24) is 20.1 Å². The Bertz CT molecular complexity index is 913. The van der Waals surface area contributed by atoms with E-state index in [1.165, 1.54) is 12.8 Å². The average Bonchev–Trinajstić information content (AvgIpc) is 3.40. The quantitative estimate of drug-likeness (QED) is 0.834. The van der Waals surface area contributed by atoms with E-state index in [2.05, 4.69) is 15.2 Å². The zero-order chi connectivity index (χ0) is 19.3. The van der Waals surface area contributed by atoms with Crippen molar-refractivity contribution in [3.05, 3.63) is 36.0 Å². The number of likely N-dealkylation sites (tertiary alicyclic amines) is 1. The van der Waals surface area contributed by atoms with Gasteiger partial charge in [0.05, 0.1) is 25.3 Å². The van der Waals surface area contributed by atoms with Crippen LogP contribution < -0.4 is 5.32 Å². The molecule has 2 amide bonds. The lowest BCUT2D eigenvalue weighted by Crippen LogP contribution is -2.73. The highest BCUT2D eigenvalue weighted by Crippen LogP contribution is 2.36. The van der Waals surface area contributed by atoms with Crippen LogP contribution in [0.2, 0.25) is 0 Å². The van der Waals surface area contributed by atoms with Crippen molar-refractivity contribution in [1.29, 1.82) is 0 Å². The molecule has 148 valence electrons. The predicted octanol–water partition coefficient (Wildman–Crippen LogP) is 1.22. The summed E-state index contributed by atoms with van der Waals surface area (Å²) in [4.78, 5) is 32.5. The van der Waals surface area contributed by atoms with E-state index < -0.39 is 0 Å². The summed E-state index contributed by atoms with van der Waals surface area (Å²) in [5.74, 6) is 0.752. The highest BCUT2D eigenvalue weighted by Gasteiger charge is 2.52. The minimum atomic E-state index is -0.346. The molecule has 0 radical (unpaired) electrons. The smallest absolute Gasteiger partial charge is 0.256 e. The molecule has 1 spiro atoms. The standard InChI is InChI=1S/C21H26N4O3/c1-22-19(26)18-10-28-21(11-24(18)9-14-6-7-14)12-25(13-21)20(27)16-8-23-17-5-3-2-4-15(16)17/h2-5,8,14,18,23H,6-7,9-13H2,1H3,(H,22,26). The normalized spacial score (nSPS) is 24.3. The number of amides is 2. The first-order chi connectivity index (χ1) is 13.6. The van der Waals surface area contributed by atoms with Gasteiger partial charge in [0.1, 0.15) is 11.6 Å². The van der Waals surface area contributed by atoms with Crippen LogP contribution in [0.25, 0.3) is 10.9 Å². The molecule has 1 aromatic heterocycles. The first-order valence-electron chi connectivity index (χ1n) is 10.0. The Kier molecular flexibility index (Phi) is 4.17. The van der Waals surface area contributed by atoms with Crippen LogP contribution in [-0.2, 0) is 9.53 Å². The van der Waals surface area contributed by atoms with E-state index in [1.807, 2.05) is 29.2 Å². The molecule has 2 N–H and O–H groups in total. The lowest BCUT2D eigenvalue weighted by atomic mass is 9.89. The summed E-state index contributed by atoms with van der Waals surface area (Å²) >= 11 is 0. The second kappa shape index (κ2) is 6.60. The topological polar surface area (TPSA) is 77.7 Å². The van der Waals surface area contributed by atoms with Crippen LogP contribution in [0, 0.1) is 5.92 Å². The molecule has 28 heavy (non-hydrogen) atoms. The monoisotopic (exact) mass is 382 g/mol. The van der Waals surface area contributed by atoms with Crippen molar-refractivity contribution in [2.45, 2.75) is 24.5 Å². The molecule has 1 saturated carbocycles. The van der Waals surface area contributed by atoms with E-state index in [-0.39, 0.29) is 23.5 Å². The number of benzene rings is 1. The van der Waals surface area contributed by atoms with Crippen molar-refractivity contribution in [2.75, 3.05) is 39.8 Å². The number of likely N-dealkylation sites (N-methyl/N-ethyl adjacent to an activating group) is 1. The maximum absolute atomic E-state index is 13.0. The van der Waals surface area contributed by atoms with Crippen LogP contribution in [0.1, 0.15) is 23.2 Å². The number of hydrogen-bond donors (Lipinski definition) is 2. The van der Waals surface area contributed by atoms with E-state index in [9.17, 15) is 9.59 Å². The minimum Gasteiger partial charge on any atom is -0.368 e. The number of H-pyrrole nitrogens is 1. The van der Waals surface area contributed by atoms with Crippen molar-refractivity contribution >= 4 is 22.7 Å². The number of aromatic amines is 1. The fourth-order valence-corrected chi connectivity index (χ4v) is 4.52. The zero-order valence-corrected chi connectivity index (χ0v) is 16.1. The summed E-state index contributed by atoms with van der Waals surface area (Å²) in [6.45, 7) is 3.19. The summed E-state index contributed by atoms with van der Waals surface area (Å²) in [6.07, 6.45) is 4.28. The molecule has 0 bridgehead atoms. The highest BCUT2D eigenvalue weighted by molar-refractivity contribution is 6.07. The van der Waals surface area contributed by atoms with E-state index in [0.29, 0.717) is 37.7 Å². The Balaban J connectivity index is 1.28. The molecule has 7 nitrogen and oxygen atoms in total. The van der Waals surface area contributed by atoms with Gasteiger partial charge in [0, 0.05) is 37.2 Å². The van der Waals surface area contributed by atoms with Gasteiger partial charge in [-0.15, -0.1) is 0 Å². The Morgan fingerprint density at radius 1 is 1.25 bits per heavy atom. The lowest BCUT2D eigenvalue weighted by molar-refractivity contribution is -0.191. The van der Waals surface area contributed by atoms with Gasteiger partial charge in [0.2, 0.25) is 5.91 Å². The van der Waals surface area contributed by atoms with Gasteiger partial charge in [-0.3, -0.25) is 14.5 Å². The molecule has 5 rings (SSSR count). The van der Waals surface area contributed by atoms with Gasteiger partial charge in [0.15, 0.2) is 0 Å². The number of hydrogen-bond acceptors (Lipinski definition) is 4. The lowest BCUT2D eigenvalue weighted by Gasteiger charge is -2.55. The van der Waals surface area contributed by atoms with Gasteiger partial charge in [0.25, 0.3) is 5.91 Å². The predicted molar refractivity (Wildman–Crippen MR) is 105 cm³/mol. The molecule has 7 heteroatoms. The van der Waals surface area contributed by atoms with Crippen molar-refractivity contribution in [3.63, 3.8) is 0 Å². The van der Waals surface area contributed by atoms with Crippen LogP contribution >= 0.6 is 0 Å².